The van der Waals surface area contributed by atoms with Crippen LogP contribution in [0.25, 0.3) is 11.3 Å². The molecule has 0 spiro atoms. The Morgan fingerprint density at radius 1 is 1.16 bits per heavy atom. The zero-order chi connectivity index (χ0) is 21.5. The van der Waals surface area contributed by atoms with Crippen LogP contribution in [0.3, 0.4) is 0 Å². The third kappa shape index (κ3) is 5.13. The van der Waals surface area contributed by atoms with Crippen molar-refractivity contribution in [3.8, 4) is 35.0 Å². The molecule has 1 atom stereocenters. The van der Waals surface area contributed by atoms with Crippen molar-refractivity contribution in [1.82, 2.24) is 20.3 Å². The lowest BCUT2D eigenvalue weighted by atomic mass is 10.1. The number of aromatic nitrogens is 3. The lowest BCUT2D eigenvalue weighted by Gasteiger charge is -2.15. The molecule has 2 aromatic heterocycles. The molecular formula is C23H21N7O. The molecule has 0 amide bonds. The molecular weight excluding hydrogens is 390 g/mol. The summed E-state index contributed by atoms with van der Waals surface area (Å²) in [6, 6.07) is 13.6. The van der Waals surface area contributed by atoms with Gasteiger partial charge in [0.05, 0.1) is 29.9 Å². The highest BCUT2D eigenvalue weighted by Crippen LogP contribution is 2.29. The van der Waals surface area contributed by atoms with E-state index >= 15 is 0 Å². The van der Waals surface area contributed by atoms with Crippen molar-refractivity contribution in [1.29, 1.82) is 10.5 Å². The van der Waals surface area contributed by atoms with Gasteiger partial charge in [0, 0.05) is 30.5 Å². The fourth-order valence-electron chi connectivity index (χ4n) is 3.37. The predicted octanol–water partition coefficient (Wildman–Crippen LogP) is 3.43. The Hall–Kier alpha value is -4.01. The fraction of sp³-hybridized carbons (Fsp3) is 0.261. The fourth-order valence-corrected chi connectivity index (χ4v) is 3.37. The van der Waals surface area contributed by atoms with Gasteiger partial charge in [0.2, 0.25) is 0 Å². The van der Waals surface area contributed by atoms with Gasteiger partial charge in [0.1, 0.15) is 11.8 Å². The second-order valence-electron chi connectivity index (χ2n) is 7.24. The van der Waals surface area contributed by atoms with Crippen molar-refractivity contribution < 1.29 is 4.74 Å². The molecule has 1 aromatic carbocycles. The van der Waals surface area contributed by atoms with Gasteiger partial charge >= 0.3 is 0 Å². The topological polar surface area (TPSA) is 120 Å². The highest BCUT2D eigenvalue weighted by molar-refractivity contribution is 5.62. The number of hydrogen-bond donors (Lipinski definition) is 2. The average Bonchev–Trinajstić information content (AvgIpc) is 3.33. The third-order valence-corrected chi connectivity index (χ3v) is 5.00. The molecule has 0 unspecified atom stereocenters. The van der Waals surface area contributed by atoms with Gasteiger partial charge in [-0.05, 0) is 43.1 Å². The van der Waals surface area contributed by atoms with Gasteiger partial charge in [0.25, 0.3) is 5.88 Å². The Balaban J connectivity index is 1.62. The van der Waals surface area contributed by atoms with Gasteiger partial charge in [-0.15, -0.1) is 0 Å². The molecule has 0 aliphatic carbocycles. The summed E-state index contributed by atoms with van der Waals surface area (Å²) in [4.78, 5) is 13.3. The lowest BCUT2D eigenvalue weighted by Crippen LogP contribution is -2.29. The quantitative estimate of drug-likeness (QED) is 0.607. The number of nitriles is 2. The summed E-state index contributed by atoms with van der Waals surface area (Å²) in [5.41, 5.74) is 2.61. The first-order valence-corrected chi connectivity index (χ1v) is 10.1. The van der Waals surface area contributed by atoms with E-state index in [4.69, 9.17) is 15.3 Å². The summed E-state index contributed by atoms with van der Waals surface area (Å²) in [5.74, 6) is 1.48. The summed E-state index contributed by atoms with van der Waals surface area (Å²) >= 11 is 0. The Kier molecular flexibility index (Phi) is 6.32. The molecule has 2 N–H and O–H groups in total. The molecule has 0 bridgehead atoms. The zero-order valence-electron chi connectivity index (χ0n) is 16.9. The number of nitrogens with one attached hydrogen (secondary N) is 2. The number of rotatable bonds is 7. The van der Waals surface area contributed by atoms with E-state index in [1.165, 1.54) is 6.20 Å². The summed E-state index contributed by atoms with van der Waals surface area (Å²) in [6.45, 7) is 1.74. The molecule has 31 heavy (non-hydrogen) atoms. The largest absolute Gasteiger partial charge is 0.436 e. The van der Waals surface area contributed by atoms with Gasteiger partial charge in [-0.2, -0.15) is 10.5 Å². The summed E-state index contributed by atoms with van der Waals surface area (Å²) < 4.78 is 6.05. The molecule has 0 saturated carbocycles. The maximum atomic E-state index is 9.15. The number of ether oxygens (including phenoxy) is 1. The molecule has 1 fully saturated rings. The molecule has 3 aromatic rings. The van der Waals surface area contributed by atoms with Crippen LogP contribution in [-0.2, 0) is 6.42 Å². The van der Waals surface area contributed by atoms with Gasteiger partial charge in [-0.3, -0.25) is 4.98 Å². The third-order valence-electron chi connectivity index (χ3n) is 5.00. The number of benzene rings is 1. The SMILES string of the molecule is N#CCc1ccc(Oc2nc(-c3cncc(C#N)c3)cnc2NC[C@@H]2CCCN2)cc1. The lowest BCUT2D eigenvalue weighted by molar-refractivity contribution is 0.462. The van der Waals surface area contributed by atoms with E-state index in [0.29, 0.717) is 46.7 Å². The minimum atomic E-state index is 0.339. The van der Waals surface area contributed by atoms with Crippen LogP contribution in [0.1, 0.15) is 24.0 Å². The highest BCUT2D eigenvalue weighted by Gasteiger charge is 2.17. The summed E-state index contributed by atoms with van der Waals surface area (Å²) in [5, 5.41) is 24.8. The monoisotopic (exact) mass is 411 g/mol. The van der Waals surface area contributed by atoms with Gasteiger partial charge in [-0.1, -0.05) is 12.1 Å². The van der Waals surface area contributed by atoms with Crippen LogP contribution in [0, 0.1) is 22.7 Å². The van der Waals surface area contributed by atoms with Gasteiger partial charge in [-0.25, -0.2) is 9.97 Å². The van der Waals surface area contributed by atoms with Crippen molar-refractivity contribution in [2.75, 3.05) is 18.4 Å². The van der Waals surface area contributed by atoms with E-state index in [9.17, 15) is 0 Å². The van der Waals surface area contributed by atoms with Crippen LogP contribution in [0.2, 0.25) is 0 Å². The van der Waals surface area contributed by atoms with Crippen molar-refractivity contribution in [3.63, 3.8) is 0 Å². The molecule has 1 saturated heterocycles. The van der Waals surface area contributed by atoms with Crippen LogP contribution in [0.15, 0.2) is 48.9 Å². The molecule has 154 valence electrons. The predicted molar refractivity (Wildman–Crippen MR) is 115 cm³/mol. The van der Waals surface area contributed by atoms with Crippen molar-refractivity contribution in [3.05, 3.63) is 60.0 Å². The molecule has 4 rings (SSSR count). The number of hydrogen-bond acceptors (Lipinski definition) is 8. The van der Waals surface area contributed by atoms with Crippen molar-refractivity contribution >= 4 is 5.82 Å². The first-order chi connectivity index (χ1) is 15.2. The van der Waals surface area contributed by atoms with Gasteiger partial charge < -0.3 is 15.4 Å². The minimum absolute atomic E-state index is 0.339. The van der Waals surface area contributed by atoms with Crippen LogP contribution in [-0.4, -0.2) is 34.1 Å². The molecule has 3 heterocycles. The Bertz CT molecular complexity index is 1130. The van der Waals surface area contributed by atoms with Crippen LogP contribution >= 0.6 is 0 Å². The molecule has 1 aliphatic heterocycles. The molecule has 8 heteroatoms. The highest BCUT2D eigenvalue weighted by atomic mass is 16.5. The first-order valence-electron chi connectivity index (χ1n) is 10.1. The van der Waals surface area contributed by atoms with E-state index in [1.54, 1.807) is 30.6 Å². The Morgan fingerprint density at radius 2 is 2.03 bits per heavy atom. The van der Waals surface area contributed by atoms with Crippen LogP contribution < -0.4 is 15.4 Å². The van der Waals surface area contributed by atoms with E-state index in [1.807, 2.05) is 12.1 Å². The molecule has 8 nitrogen and oxygen atoms in total. The molecule has 0 radical (unpaired) electrons. The number of anilines is 1. The second kappa shape index (κ2) is 9.66. The van der Waals surface area contributed by atoms with E-state index in [-0.39, 0.29) is 0 Å². The van der Waals surface area contributed by atoms with Gasteiger partial charge in [0.15, 0.2) is 5.82 Å². The second-order valence-corrected chi connectivity index (χ2v) is 7.24. The maximum Gasteiger partial charge on any atom is 0.263 e. The van der Waals surface area contributed by atoms with Crippen molar-refractivity contribution in [2.24, 2.45) is 0 Å². The van der Waals surface area contributed by atoms with Crippen molar-refractivity contribution in [2.45, 2.75) is 25.3 Å². The Morgan fingerprint density at radius 3 is 2.77 bits per heavy atom. The van der Waals surface area contributed by atoms with Crippen LogP contribution in [0.4, 0.5) is 5.82 Å². The number of pyridine rings is 1. The normalized spacial score (nSPS) is 15.1. The first kappa shape index (κ1) is 20.3. The van der Waals surface area contributed by atoms with E-state index in [0.717, 1.165) is 31.5 Å². The maximum absolute atomic E-state index is 9.15. The van der Waals surface area contributed by atoms with Crippen LogP contribution in [0.5, 0.6) is 11.6 Å². The summed E-state index contributed by atoms with van der Waals surface area (Å²) in [7, 11) is 0. The summed E-state index contributed by atoms with van der Waals surface area (Å²) in [6.07, 6.45) is 7.41. The van der Waals surface area contributed by atoms with E-state index < -0.39 is 0 Å². The standard InChI is InChI=1S/C23H21N7O/c24-8-7-16-3-5-20(6-4-16)31-23-22(28-14-19-2-1-9-27-19)29-15-21(30-23)18-10-17(11-25)12-26-13-18/h3-6,10,12-13,15,19,27H,1-2,7,9,14H2,(H,28,29)/t19-/m0/s1. The Labute approximate surface area is 180 Å². The smallest absolute Gasteiger partial charge is 0.263 e. The van der Waals surface area contributed by atoms with E-state index in [2.05, 4.69) is 37.7 Å². The average molecular weight is 411 g/mol. The number of nitrogens with zero attached hydrogens (tertiary/aromatic N) is 5. The zero-order valence-corrected chi connectivity index (χ0v) is 16.9. The molecule has 1 aliphatic rings. The minimum Gasteiger partial charge on any atom is -0.436 e.